The number of hydrogen-bond acceptors (Lipinski definition) is 1. The molecule has 0 amide bonds. The van der Waals surface area contributed by atoms with Gasteiger partial charge in [0.05, 0.1) is 0 Å². The van der Waals surface area contributed by atoms with Crippen LogP contribution < -0.4 is 0 Å². The molecule has 0 N–H and O–H groups in total. The fraction of sp³-hybridized carbons (Fsp3) is 1.00. The van der Waals surface area contributed by atoms with Crippen molar-refractivity contribution in [1.29, 1.82) is 0 Å². The average Bonchev–Trinajstić information content (AvgIpc) is 2.80. The molecule has 13 heavy (non-hydrogen) atoms. The zero-order valence-electron chi connectivity index (χ0n) is 8.54. The van der Waals surface area contributed by atoms with E-state index in [4.69, 9.17) is 0 Å². The van der Waals surface area contributed by atoms with Crippen molar-refractivity contribution in [2.75, 3.05) is 19.6 Å². The molecule has 0 aromatic heterocycles. The first kappa shape index (κ1) is 8.28. The van der Waals surface area contributed by atoms with Crippen molar-refractivity contribution in [3.05, 3.63) is 0 Å². The molecule has 1 heterocycles. The number of likely N-dealkylation sites (tertiary alicyclic amines) is 1. The minimum Gasteiger partial charge on any atom is -0.303 e. The molecule has 1 heteroatoms. The van der Waals surface area contributed by atoms with Crippen LogP contribution in [-0.2, 0) is 0 Å². The van der Waals surface area contributed by atoms with E-state index in [2.05, 4.69) is 4.90 Å². The summed E-state index contributed by atoms with van der Waals surface area (Å²) in [6, 6.07) is 0. The van der Waals surface area contributed by atoms with Gasteiger partial charge in [0.25, 0.3) is 0 Å². The SMILES string of the molecule is C1CC(CN2CCC(C3CC3)C2)C1. The first-order chi connectivity index (χ1) is 6.42. The highest BCUT2D eigenvalue weighted by atomic mass is 15.1. The Bertz CT molecular complexity index is 182. The van der Waals surface area contributed by atoms with Gasteiger partial charge >= 0.3 is 0 Å². The van der Waals surface area contributed by atoms with Crippen LogP contribution in [0.25, 0.3) is 0 Å². The number of hydrogen-bond donors (Lipinski definition) is 0. The first-order valence-corrected chi connectivity index (χ1v) is 6.14. The van der Waals surface area contributed by atoms with Gasteiger partial charge in [-0.2, -0.15) is 0 Å². The summed E-state index contributed by atoms with van der Waals surface area (Å²) in [5, 5.41) is 0. The topological polar surface area (TPSA) is 3.24 Å². The predicted octanol–water partition coefficient (Wildman–Crippen LogP) is 2.52. The van der Waals surface area contributed by atoms with Gasteiger partial charge in [0.15, 0.2) is 0 Å². The molecule has 74 valence electrons. The second-order valence-electron chi connectivity index (χ2n) is 5.44. The standard InChI is InChI=1S/C12H21N/c1-2-10(3-1)8-13-7-6-12(9-13)11-4-5-11/h10-12H,1-9H2. The van der Waals surface area contributed by atoms with Gasteiger partial charge in [0, 0.05) is 13.1 Å². The van der Waals surface area contributed by atoms with Crippen molar-refractivity contribution in [2.24, 2.45) is 17.8 Å². The second-order valence-corrected chi connectivity index (χ2v) is 5.44. The van der Waals surface area contributed by atoms with Crippen LogP contribution in [0.1, 0.15) is 38.5 Å². The van der Waals surface area contributed by atoms with Crippen LogP contribution >= 0.6 is 0 Å². The van der Waals surface area contributed by atoms with Crippen molar-refractivity contribution < 1.29 is 0 Å². The van der Waals surface area contributed by atoms with Gasteiger partial charge in [-0.15, -0.1) is 0 Å². The van der Waals surface area contributed by atoms with E-state index in [9.17, 15) is 0 Å². The Morgan fingerprint density at radius 3 is 2.38 bits per heavy atom. The van der Waals surface area contributed by atoms with Gasteiger partial charge in [-0.25, -0.2) is 0 Å². The molecule has 1 aliphatic heterocycles. The van der Waals surface area contributed by atoms with Crippen molar-refractivity contribution >= 4 is 0 Å². The minimum atomic E-state index is 1.08. The van der Waals surface area contributed by atoms with Crippen LogP contribution in [0, 0.1) is 17.8 Å². The summed E-state index contributed by atoms with van der Waals surface area (Å²) in [6.45, 7) is 4.29. The zero-order chi connectivity index (χ0) is 8.67. The molecule has 0 bridgehead atoms. The second kappa shape index (κ2) is 3.27. The Balaban J connectivity index is 1.45. The summed E-state index contributed by atoms with van der Waals surface area (Å²) in [7, 11) is 0. The van der Waals surface area contributed by atoms with E-state index in [-0.39, 0.29) is 0 Å². The molecule has 3 fully saturated rings. The van der Waals surface area contributed by atoms with E-state index in [1.165, 1.54) is 45.3 Å². The molecule has 0 spiro atoms. The van der Waals surface area contributed by atoms with Crippen molar-refractivity contribution in [1.82, 2.24) is 4.90 Å². The Labute approximate surface area is 81.5 Å². The van der Waals surface area contributed by atoms with Crippen LogP contribution in [0.5, 0.6) is 0 Å². The monoisotopic (exact) mass is 179 g/mol. The molecule has 1 unspecified atom stereocenters. The smallest absolute Gasteiger partial charge is 0.00129 e. The number of rotatable bonds is 3. The third-order valence-electron chi connectivity index (χ3n) is 4.34. The first-order valence-electron chi connectivity index (χ1n) is 6.14. The summed E-state index contributed by atoms with van der Waals surface area (Å²) in [5.74, 6) is 3.32. The van der Waals surface area contributed by atoms with Gasteiger partial charge in [0.2, 0.25) is 0 Å². The summed E-state index contributed by atoms with van der Waals surface area (Å²) < 4.78 is 0. The van der Waals surface area contributed by atoms with Crippen LogP contribution in [-0.4, -0.2) is 24.5 Å². The zero-order valence-corrected chi connectivity index (χ0v) is 8.54. The lowest BCUT2D eigenvalue weighted by Gasteiger charge is -2.30. The highest BCUT2D eigenvalue weighted by Gasteiger charge is 2.36. The molecule has 1 nitrogen and oxygen atoms in total. The van der Waals surface area contributed by atoms with E-state index >= 15 is 0 Å². The van der Waals surface area contributed by atoms with E-state index in [1.807, 2.05) is 0 Å². The van der Waals surface area contributed by atoms with Crippen LogP contribution in [0.15, 0.2) is 0 Å². The molecule has 1 atom stereocenters. The maximum atomic E-state index is 2.74. The molecule has 0 aromatic rings. The largest absolute Gasteiger partial charge is 0.303 e. The maximum Gasteiger partial charge on any atom is 0.00129 e. The fourth-order valence-corrected chi connectivity index (χ4v) is 3.02. The Hall–Kier alpha value is -0.0400. The lowest BCUT2D eigenvalue weighted by molar-refractivity contribution is 0.199. The van der Waals surface area contributed by atoms with Crippen molar-refractivity contribution in [3.8, 4) is 0 Å². The molecule has 3 aliphatic rings. The van der Waals surface area contributed by atoms with Gasteiger partial charge in [0.1, 0.15) is 0 Å². The average molecular weight is 179 g/mol. The van der Waals surface area contributed by atoms with Gasteiger partial charge in [-0.1, -0.05) is 6.42 Å². The van der Waals surface area contributed by atoms with E-state index in [1.54, 1.807) is 12.8 Å². The third-order valence-corrected chi connectivity index (χ3v) is 4.34. The van der Waals surface area contributed by atoms with Crippen LogP contribution in [0.4, 0.5) is 0 Å². The van der Waals surface area contributed by atoms with E-state index < -0.39 is 0 Å². The quantitative estimate of drug-likeness (QED) is 0.643. The summed E-state index contributed by atoms with van der Waals surface area (Å²) in [4.78, 5) is 2.74. The van der Waals surface area contributed by atoms with Crippen LogP contribution in [0.3, 0.4) is 0 Å². The molecule has 3 rings (SSSR count). The summed E-state index contributed by atoms with van der Waals surface area (Å²) in [5.41, 5.74) is 0. The highest BCUT2D eigenvalue weighted by Crippen LogP contribution is 2.41. The van der Waals surface area contributed by atoms with Crippen LogP contribution in [0.2, 0.25) is 0 Å². The van der Waals surface area contributed by atoms with E-state index in [0.29, 0.717) is 0 Å². The Morgan fingerprint density at radius 1 is 0.923 bits per heavy atom. The highest BCUT2D eigenvalue weighted by molar-refractivity contribution is 4.89. The Morgan fingerprint density at radius 2 is 1.77 bits per heavy atom. The van der Waals surface area contributed by atoms with Gasteiger partial charge < -0.3 is 4.90 Å². The van der Waals surface area contributed by atoms with Crippen molar-refractivity contribution in [2.45, 2.75) is 38.5 Å². The fourth-order valence-electron chi connectivity index (χ4n) is 3.02. The molecular formula is C12H21N. The molecule has 2 saturated carbocycles. The molecule has 0 aromatic carbocycles. The molecule has 1 saturated heterocycles. The normalized spacial score (nSPS) is 36.5. The summed E-state index contributed by atoms with van der Waals surface area (Å²) in [6.07, 6.45) is 9.14. The minimum absolute atomic E-state index is 1.08. The number of nitrogens with zero attached hydrogens (tertiary/aromatic N) is 1. The van der Waals surface area contributed by atoms with Gasteiger partial charge in [-0.3, -0.25) is 0 Å². The molecular weight excluding hydrogens is 158 g/mol. The molecule has 2 aliphatic carbocycles. The lowest BCUT2D eigenvalue weighted by atomic mass is 9.85. The molecule has 0 radical (unpaired) electrons. The van der Waals surface area contributed by atoms with Crippen molar-refractivity contribution in [3.63, 3.8) is 0 Å². The predicted molar refractivity (Wildman–Crippen MR) is 54.6 cm³/mol. The Kier molecular flexibility index (Phi) is 2.08. The third kappa shape index (κ3) is 1.76. The van der Waals surface area contributed by atoms with E-state index in [0.717, 1.165) is 17.8 Å². The maximum absolute atomic E-state index is 2.74. The van der Waals surface area contributed by atoms with Gasteiger partial charge in [-0.05, 0) is 56.4 Å². The lowest BCUT2D eigenvalue weighted by Crippen LogP contribution is -2.31. The summed E-state index contributed by atoms with van der Waals surface area (Å²) >= 11 is 0.